The normalized spacial score (nSPS) is 27.5. The molecule has 2 aliphatic heterocycles. The first-order valence-electron chi connectivity index (χ1n) is 6.67. The van der Waals surface area contributed by atoms with Gasteiger partial charge in [0.2, 0.25) is 5.91 Å². The van der Waals surface area contributed by atoms with Gasteiger partial charge in [0.1, 0.15) is 0 Å². The van der Waals surface area contributed by atoms with Crippen LogP contribution < -0.4 is 0 Å². The molecular weight excluding hydrogens is 226 g/mol. The van der Waals surface area contributed by atoms with Crippen LogP contribution in [0.4, 0.5) is 0 Å². The standard InChI is InChI=1S/C14H19N3O/c1-11(18)17-9-6-13-14(17)5-8-16(13)10-12-4-2-3-7-15-12/h2-4,7,13-14H,5-6,8-10H2,1H3/t13-,14+/m1/s1. The molecule has 0 spiro atoms. The Morgan fingerprint density at radius 1 is 1.33 bits per heavy atom. The molecule has 1 aromatic heterocycles. The number of amides is 1. The molecule has 4 nitrogen and oxygen atoms in total. The van der Waals surface area contributed by atoms with Gasteiger partial charge in [0.15, 0.2) is 0 Å². The minimum Gasteiger partial charge on any atom is -0.338 e. The summed E-state index contributed by atoms with van der Waals surface area (Å²) >= 11 is 0. The molecule has 2 atom stereocenters. The Morgan fingerprint density at radius 2 is 2.17 bits per heavy atom. The van der Waals surface area contributed by atoms with Gasteiger partial charge in [-0.05, 0) is 25.0 Å². The monoisotopic (exact) mass is 245 g/mol. The van der Waals surface area contributed by atoms with Crippen LogP contribution in [0.1, 0.15) is 25.5 Å². The first kappa shape index (κ1) is 11.7. The summed E-state index contributed by atoms with van der Waals surface area (Å²) < 4.78 is 0. The summed E-state index contributed by atoms with van der Waals surface area (Å²) in [4.78, 5) is 20.5. The third-order valence-electron chi connectivity index (χ3n) is 4.19. The van der Waals surface area contributed by atoms with Gasteiger partial charge in [-0.2, -0.15) is 0 Å². The van der Waals surface area contributed by atoms with E-state index in [1.807, 2.05) is 23.2 Å². The molecule has 2 fully saturated rings. The molecule has 3 rings (SSSR count). The number of rotatable bonds is 2. The Bertz CT molecular complexity index is 434. The van der Waals surface area contributed by atoms with E-state index in [1.165, 1.54) is 0 Å². The molecule has 0 aliphatic carbocycles. The highest BCUT2D eigenvalue weighted by Crippen LogP contribution is 2.32. The third kappa shape index (κ3) is 2.01. The van der Waals surface area contributed by atoms with Crippen molar-refractivity contribution in [3.05, 3.63) is 30.1 Å². The van der Waals surface area contributed by atoms with Crippen LogP contribution in [-0.2, 0) is 11.3 Å². The number of aromatic nitrogens is 1. The summed E-state index contributed by atoms with van der Waals surface area (Å²) in [6.45, 7) is 4.59. The molecule has 1 aromatic rings. The van der Waals surface area contributed by atoms with E-state index in [4.69, 9.17) is 0 Å². The fourth-order valence-corrected chi connectivity index (χ4v) is 3.36. The Hall–Kier alpha value is -1.42. The van der Waals surface area contributed by atoms with Crippen LogP contribution in [0.5, 0.6) is 0 Å². The lowest BCUT2D eigenvalue weighted by molar-refractivity contribution is -0.129. The van der Waals surface area contributed by atoms with Crippen LogP contribution in [0, 0.1) is 0 Å². The molecule has 2 aliphatic rings. The molecule has 0 N–H and O–H groups in total. The highest BCUT2D eigenvalue weighted by Gasteiger charge is 2.43. The molecule has 0 bridgehead atoms. The first-order chi connectivity index (χ1) is 8.75. The Balaban J connectivity index is 1.69. The summed E-state index contributed by atoms with van der Waals surface area (Å²) in [5.74, 6) is 0.224. The van der Waals surface area contributed by atoms with Gasteiger partial charge in [0, 0.05) is 44.8 Å². The number of hydrogen-bond donors (Lipinski definition) is 0. The van der Waals surface area contributed by atoms with E-state index in [1.54, 1.807) is 6.92 Å². The van der Waals surface area contributed by atoms with Crippen molar-refractivity contribution in [3.63, 3.8) is 0 Å². The molecule has 1 amide bonds. The van der Waals surface area contributed by atoms with E-state index in [-0.39, 0.29) is 5.91 Å². The second-order valence-electron chi connectivity index (χ2n) is 5.22. The zero-order valence-electron chi connectivity index (χ0n) is 10.7. The van der Waals surface area contributed by atoms with Gasteiger partial charge in [-0.15, -0.1) is 0 Å². The quantitative estimate of drug-likeness (QED) is 0.787. The molecule has 0 unspecified atom stereocenters. The van der Waals surface area contributed by atoms with Crippen molar-refractivity contribution < 1.29 is 4.79 Å². The van der Waals surface area contributed by atoms with Crippen molar-refractivity contribution in [1.29, 1.82) is 0 Å². The summed E-state index contributed by atoms with van der Waals surface area (Å²) in [5.41, 5.74) is 1.12. The predicted octanol–water partition coefficient (Wildman–Crippen LogP) is 1.28. The number of likely N-dealkylation sites (tertiary alicyclic amines) is 2. The van der Waals surface area contributed by atoms with E-state index < -0.39 is 0 Å². The van der Waals surface area contributed by atoms with Crippen molar-refractivity contribution in [2.45, 2.75) is 38.4 Å². The number of carbonyl (C=O) groups excluding carboxylic acids is 1. The lowest BCUT2D eigenvalue weighted by atomic mass is 10.1. The van der Waals surface area contributed by atoms with Gasteiger partial charge in [0.25, 0.3) is 0 Å². The van der Waals surface area contributed by atoms with Crippen molar-refractivity contribution >= 4 is 5.91 Å². The molecule has 3 heterocycles. The Morgan fingerprint density at radius 3 is 2.89 bits per heavy atom. The predicted molar refractivity (Wildman–Crippen MR) is 68.8 cm³/mol. The number of hydrogen-bond acceptors (Lipinski definition) is 3. The SMILES string of the molecule is CC(=O)N1CC[C@@H]2[C@@H]1CCN2Cc1ccccn1. The first-order valence-corrected chi connectivity index (χ1v) is 6.67. The average molecular weight is 245 g/mol. The smallest absolute Gasteiger partial charge is 0.219 e. The van der Waals surface area contributed by atoms with E-state index in [0.29, 0.717) is 12.1 Å². The topological polar surface area (TPSA) is 36.4 Å². The summed E-state index contributed by atoms with van der Waals surface area (Å²) in [6.07, 6.45) is 4.06. The van der Waals surface area contributed by atoms with Crippen LogP contribution in [0.25, 0.3) is 0 Å². The summed E-state index contributed by atoms with van der Waals surface area (Å²) in [5, 5.41) is 0. The lowest BCUT2D eigenvalue weighted by Gasteiger charge is -2.24. The number of carbonyl (C=O) groups is 1. The molecule has 0 radical (unpaired) electrons. The highest BCUT2D eigenvalue weighted by molar-refractivity contribution is 5.74. The molecular formula is C14H19N3O. The van der Waals surface area contributed by atoms with E-state index in [9.17, 15) is 4.79 Å². The van der Waals surface area contributed by atoms with Crippen LogP contribution in [0.3, 0.4) is 0 Å². The van der Waals surface area contributed by atoms with Crippen molar-refractivity contribution in [2.24, 2.45) is 0 Å². The van der Waals surface area contributed by atoms with E-state index >= 15 is 0 Å². The van der Waals surface area contributed by atoms with Crippen molar-refractivity contribution in [3.8, 4) is 0 Å². The second kappa shape index (κ2) is 4.69. The van der Waals surface area contributed by atoms with Gasteiger partial charge in [0.05, 0.1) is 5.69 Å². The Kier molecular flexibility index (Phi) is 3.04. The number of pyridine rings is 1. The molecule has 0 aromatic carbocycles. The fraction of sp³-hybridized carbons (Fsp3) is 0.571. The molecule has 0 saturated carbocycles. The van der Waals surface area contributed by atoms with Crippen molar-refractivity contribution in [1.82, 2.24) is 14.8 Å². The van der Waals surface area contributed by atoms with Gasteiger partial charge in [-0.1, -0.05) is 6.07 Å². The van der Waals surface area contributed by atoms with Gasteiger partial charge < -0.3 is 4.90 Å². The highest BCUT2D eigenvalue weighted by atomic mass is 16.2. The maximum Gasteiger partial charge on any atom is 0.219 e. The lowest BCUT2D eigenvalue weighted by Crippen LogP contribution is -2.38. The third-order valence-corrected chi connectivity index (χ3v) is 4.19. The number of nitrogens with zero attached hydrogens (tertiary/aromatic N) is 3. The van der Waals surface area contributed by atoms with Crippen molar-refractivity contribution in [2.75, 3.05) is 13.1 Å². The van der Waals surface area contributed by atoms with Crippen LogP contribution in [0.2, 0.25) is 0 Å². The number of fused-ring (bicyclic) bond motifs is 1. The largest absolute Gasteiger partial charge is 0.338 e. The minimum atomic E-state index is 0.224. The van der Waals surface area contributed by atoms with Crippen LogP contribution in [-0.4, -0.2) is 45.9 Å². The van der Waals surface area contributed by atoms with Crippen LogP contribution in [0.15, 0.2) is 24.4 Å². The molecule has 96 valence electrons. The summed E-state index contributed by atoms with van der Waals surface area (Å²) in [6, 6.07) is 7.03. The van der Waals surface area contributed by atoms with E-state index in [0.717, 1.165) is 38.2 Å². The van der Waals surface area contributed by atoms with Gasteiger partial charge in [-0.3, -0.25) is 14.7 Å². The fourth-order valence-electron chi connectivity index (χ4n) is 3.36. The van der Waals surface area contributed by atoms with E-state index in [2.05, 4.69) is 16.0 Å². The minimum absolute atomic E-state index is 0.224. The molecule has 18 heavy (non-hydrogen) atoms. The zero-order valence-corrected chi connectivity index (χ0v) is 10.7. The molecule has 2 saturated heterocycles. The average Bonchev–Trinajstić information content (AvgIpc) is 2.93. The molecule has 4 heteroatoms. The zero-order chi connectivity index (χ0) is 12.5. The maximum atomic E-state index is 11.5. The summed E-state index contributed by atoms with van der Waals surface area (Å²) in [7, 11) is 0. The second-order valence-corrected chi connectivity index (χ2v) is 5.22. The van der Waals surface area contributed by atoms with Gasteiger partial charge in [-0.25, -0.2) is 0 Å². The van der Waals surface area contributed by atoms with Crippen LogP contribution >= 0.6 is 0 Å². The maximum absolute atomic E-state index is 11.5. The Labute approximate surface area is 108 Å². The van der Waals surface area contributed by atoms with Gasteiger partial charge >= 0.3 is 0 Å².